The smallest absolute Gasteiger partial charge is 0.101 e. The predicted molar refractivity (Wildman–Crippen MR) is 200 cm³/mol. The van der Waals surface area contributed by atoms with Crippen LogP contribution >= 0.6 is 0 Å². The molecule has 0 N–H and O–H groups in total. The van der Waals surface area contributed by atoms with Crippen molar-refractivity contribution < 1.29 is 0 Å². The Morgan fingerprint density at radius 1 is 0.380 bits per heavy atom. The largest absolute Gasteiger partial charge is 0.309 e. The standard InChI is InChI=1S/C45H25N5/c46-26-29-16-21-44-40(22-29)38-12-3-4-13-41(38)49(44)35-19-17-30(18-20-35)31-8-7-9-32(23-31)39-24-33(27-47)34(28-48)25-45(39)50-42-14-5-1-10-36(42)37-11-2-6-15-43(37)50/h1-25H. The fourth-order valence-corrected chi connectivity index (χ4v) is 7.36. The van der Waals surface area contributed by atoms with Crippen molar-refractivity contribution in [3.05, 3.63) is 168 Å². The van der Waals surface area contributed by atoms with Crippen LogP contribution in [-0.2, 0) is 0 Å². The monoisotopic (exact) mass is 635 g/mol. The Morgan fingerprint density at radius 2 is 0.940 bits per heavy atom. The average molecular weight is 636 g/mol. The zero-order chi connectivity index (χ0) is 33.8. The lowest BCUT2D eigenvalue weighted by atomic mass is 9.94. The Bertz CT molecular complexity index is 2900. The summed E-state index contributed by atoms with van der Waals surface area (Å²) < 4.78 is 4.44. The second kappa shape index (κ2) is 11.4. The number of aromatic nitrogens is 2. The van der Waals surface area contributed by atoms with E-state index in [-0.39, 0.29) is 0 Å². The summed E-state index contributed by atoms with van der Waals surface area (Å²) >= 11 is 0. The van der Waals surface area contributed by atoms with Gasteiger partial charge >= 0.3 is 0 Å². The maximum Gasteiger partial charge on any atom is 0.101 e. The highest BCUT2D eigenvalue weighted by atomic mass is 15.0. The number of hydrogen-bond donors (Lipinski definition) is 0. The number of hydrogen-bond acceptors (Lipinski definition) is 3. The van der Waals surface area contributed by atoms with E-state index in [0.717, 1.165) is 77.2 Å². The third kappa shape index (κ3) is 4.38. The first kappa shape index (κ1) is 28.8. The Kier molecular flexibility index (Phi) is 6.56. The highest BCUT2D eigenvalue weighted by molar-refractivity contribution is 6.10. The molecule has 0 radical (unpaired) electrons. The van der Waals surface area contributed by atoms with Crippen molar-refractivity contribution in [2.24, 2.45) is 0 Å². The Hall–Kier alpha value is -7.39. The highest BCUT2D eigenvalue weighted by Gasteiger charge is 2.19. The van der Waals surface area contributed by atoms with Crippen LogP contribution in [0.2, 0.25) is 0 Å². The summed E-state index contributed by atoms with van der Waals surface area (Å²) in [4.78, 5) is 0. The molecule has 9 aromatic rings. The number of para-hydroxylation sites is 3. The van der Waals surface area contributed by atoms with Crippen molar-refractivity contribution >= 4 is 43.6 Å². The zero-order valence-electron chi connectivity index (χ0n) is 26.7. The fourth-order valence-electron chi connectivity index (χ4n) is 7.36. The van der Waals surface area contributed by atoms with Gasteiger partial charge in [-0.25, -0.2) is 0 Å². The van der Waals surface area contributed by atoms with Crippen LogP contribution in [0, 0.1) is 34.0 Å². The summed E-state index contributed by atoms with van der Waals surface area (Å²) in [6.45, 7) is 0. The first-order chi connectivity index (χ1) is 24.7. The summed E-state index contributed by atoms with van der Waals surface area (Å²) in [5.74, 6) is 0. The second-order valence-electron chi connectivity index (χ2n) is 12.3. The Morgan fingerprint density at radius 3 is 1.58 bits per heavy atom. The van der Waals surface area contributed by atoms with Crippen LogP contribution < -0.4 is 0 Å². The van der Waals surface area contributed by atoms with Gasteiger partial charge in [0.15, 0.2) is 0 Å². The first-order valence-electron chi connectivity index (χ1n) is 16.3. The molecule has 7 aromatic carbocycles. The third-order valence-corrected chi connectivity index (χ3v) is 9.63. The van der Waals surface area contributed by atoms with Crippen LogP contribution in [0.3, 0.4) is 0 Å². The molecular formula is C45H25N5. The fraction of sp³-hybridized carbons (Fsp3) is 0. The first-order valence-corrected chi connectivity index (χ1v) is 16.3. The van der Waals surface area contributed by atoms with Gasteiger partial charge in [-0.2, -0.15) is 15.8 Å². The molecule has 2 heterocycles. The molecule has 50 heavy (non-hydrogen) atoms. The second-order valence-corrected chi connectivity index (χ2v) is 12.3. The van der Waals surface area contributed by atoms with Gasteiger partial charge in [-0.1, -0.05) is 84.9 Å². The molecule has 0 atom stereocenters. The molecule has 0 aliphatic heterocycles. The van der Waals surface area contributed by atoms with Crippen molar-refractivity contribution in [2.45, 2.75) is 0 Å². The van der Waals surface area contributed by atoms with Crippen LogP contribution in [-0.4, -0.2) is 9.13 Å². The SMILES string of the molecule is N#Cc1ccc2c(c1)c1ccccc1n2-c1ccc(-c2cccc(-c3cc(C#N)c(C#N)cc3-n3c4ccccc4c4ccccc43)c2)cc1. The minimum absolute atomic E-state index is 0.341. The van der Waals surface area contributed by atoms with Crippen LogP contribution in [0.1, 0.15) is 16.7 Å². The molecule has 0 amide bonds. The molecule has 0 aliphatic carbocycles. The Balaban J connectivity index is 1.19. The molecule has 230 valence electrons. The molecule has 0 spiro atoms. The molecule has 0 fully saturated rings. The lowest BCUT2D eigenvalue weighted by Crippen LogP contribution is -2.00. The van der Waals surface area contributed by atoms with Crippen molar-refractivity contribution in [3.63, 3.8) is 0 Å². The maximum absolute atomic E-state index is 10.1. The summed E-state index contributed by atoms with van der Waals surface area (Å²) in [7, 11) is 0. The number of benzene rings is 7. The summed E-state index contributed by atoms with van der Waals surface area (Å²) in [5, 5.41) is 34.1. The van der Waals surface area contributed by atoms with E-state index in [2.05, 4.69) is 106 Å². The maximum atomic E-state index is 10.1. The van der Waals surface area contributed by atoms with Gasteiger partial charge in [0.1, 0.15) is 12.1 Å². The minimum atomic E-state index is 0.341. The van der Waals surface area contributed by atoms with E-state index < -0.39 is 0 Å². The summed E-state index contributed by atoms with van der Waals surface area (Å²) in [6, 6.07) is 58.0. The van der Waals surface area contributed by atoms with Gasteiger partial charge in [-0.3, -0.25) is 0 Å². The molecule has 2 aromatic heterocycles. The van der Waals surface area contributed by atoms with E-state index >= 15 is 0 Å². The van der Waals surface area contributed by atoms with Gasteiger partial charge in [0, 0.05) is 32.8 Å². The van der Waals surface area contributed by atoms with Crippen molar-refractivity contribution in [1.29, 1.82) is 15.8 Å². The van der Waals surface area contributed by atoms with Crippen LogP contribution in [0.5, 0.6) is 0 Å². The Labute approximate surface area is 287 Å². The molecule has 0 saturated carbocycles. The zero-order valence-corrected chi connectivity index (χ0v) is 26.7. The molecule has 0 saturated heterocycles. The average Bonchev–Trinajstić information content (AvgIpc) is 3.70. The normalized spacial score (nSPS) is 11.1. The summed E-state index contributed by atoms with van der Waals surface area (Å²) in [6.07, 6.45) is 0. The van der Waals surface area contributed by atoms with E-state index in [1.54, 1.807) is 0 Å². The number of rotatable bonds is 4. The van der Waals surface area contributed by atoms with E-state index in [0.29, 0.717) is 16.7 Å². The molecule has 5 nitrogen and oxygen atoms in total. The van der Waals surface area contributed by atoms with Crippen LogP contribution in [0.4, 0.5) is 0 Å². The molecule has 5 heteroatoms. The molecule has 9 rings (SSSR count). The predicted octanol–water partition coefficient (Wildman–Crippen LogP) is 10.8. The highest BCUT2D eigenvalue weighted by Crippen LogP contribution is 2.39. The van der Waals surface area contributed by atoms with Gasteiger partial charge in [0.05, 0.1) is 50.5 Å². The van der Waals surface area contributed by atoms with E-state index in [9.17, 15) is 15.8 Å². The lowest BCUT2D eigenvalue weighted by Gasteiger charge is -2.16. The van der Waals surface area contributed by atoms with Crippen molar-refractivity contribution in [1.82, 2.24) is 9.13 Å². The van der Waals surface area contributed by atoms with Gasteiger partial charge in [-0.05, 0) is 83.4 Å². The van der Waals surface area contributed by atoms with Gasteiger partial charge < -0.3 is 9.13 Å². The van der Waals surface area contributed by atoms with E-state index in [4.69, 9.17) is 0 Å². The number of fused-ring (bicyclic) bond motifs is 6. The molecule has 0 bridgehead atoms. The molecular weight excluding hydrogens is 611 g/mol. The topological polar surface area (TPSA) is 81.2 Å². The molecule has 0 aliphatic rings. The van der Waals surface area contributed by atoms with Gasteiger partial charge in [-0.15, -0.1) is 0 Å². The van der Waals surface area contributed by atoms with Gasteiger partial charge in [0.25, 0.3) is 0 Å². The molecule has 0 unspecified atom stereocenters. The van der Waals surface area contributed by atoms with Gasteiger partial charge in [0.2, 0.25) is 0 Å². The van der Waals surface area contributed by atoms with Crippen LogP contribution in [0.15, 0.2) is 152 Å². The lowest BCUT2D eigenvalue weighted by molar-refractivity contribution is 1.17. The van der Waals surface area contributed by atoms with Crippen molar-refractivity contribution in [3.8, 4) is 51.8 Å². The quantitative estimate of drug-likeness (QED) is 0.193. The van der Waals surface area contributed by atoms with Crippen molar-refractivity contribution in [2.75, 3.05) is 0 Å². The minimum Gasteiger partial charge on any atom is -0.309 e. The number of nitriles is 3. The number of nitrogens with zero attached hydrogens (tertiary/aromatic N) is 5. The van der Waals surface area contributed by atoms with Crippen LogP contribution in [0.25, 0.3) is 77.2 Å². The van der Waals surface area contributed by atoms with E-state index in [1.807, 2.05) is 72.8 Å². The summed E-state index contributed by atoms with van der Waals surface area (Å²) in [5.41, 5.74) is 11.3. The third-order valence-electron chi connectivity index (χ3n) is 9.63. The van der Waals surface area contributed by atoms with E-state index in [1.165, 1.54) is 0 Å².